The summed E-state index contributed by atoms with van der Waals surface area (Å²) in [7, 11) is 0. The molecular formula is C27H32F3N7O3. The monoisotopic (exact) mass is 559 g/mol. The Hall–Kier alpha value is -3.45. The summed E-state index contributed by atoms with van der Waals surface area (Å²) in [6.45, 7) is 1.63. The van der Waals surface area contributed by atoms with E-state index in [9.17, 15) is 23.1 Å². The fourth-order valence-corrected chi connectivity index (χ4v) is 6.11. The summed E-state index contributed by atoms with van der Waals surface area (Å²) in [4.78, 5) is 28.5. The first-order chi connectivity index (χ1) is 19.4. The smallest absolute Gasteiger partial charge is 0.226 e. The van der Waals surface area contributed by atoms with E-state index in [0.717, 1.165) is 38.5 Å². The zero-order valence-corrected chi connectivity index (χ0v) is 22.0. The Labute approximate surface area is 228 Å². The number of nitrogens with one attached hydrogen (secondary N) is 2. The first kappa shape index (κ1) is 26.8. The molecule has 6 rings (SSSR count). The van der Waals surface area contributed by atoms with Gasteiger partial charge >= 0.3 is 0 Å². The molecule has 3 aromatic rings. The Kier molecular flexibility index (Phi) is 7.49. The standard InChI is InChI=1S/C27H32F3N7O3/c28-16-10-20(29)23(21(30)11-16)34-27-33-22-12-31-26(35-24(22)37(27)19-7-9-40-14-19)32-17-5-3-15(4-6-17)25(39)36-8-1-2-18(36)13-38/h10-12,15,17-19,38H,1-9,13-14H2,(H,33,34)(H,31,32,35)/t15?,17?,18-,19?/m0/s1. The van der Waals surface area contributed by atoms with Crippen LogP contribution in [0.3, 0.4) is 0 Å². The molecule has 0 spiro atoms. The average molecular weight is 560 g/mol. The van der Waals surface area contributed by atoms with Crippen molar-refractivity contribution in [2.75, 3.05) is 37.0 Å². The zero-order chi connectivity index (χ0) is 27.8. The van der Waals surface area contributed by atoms with Gasteiger partial charge in [0.25, 0.3) is 0 Å². The minimum Gasteiger partial charge on any atom is -0.394 e. The average Bonchev–Trinajstić information content (AvgIpc) is 3.70. The van der Waals surface area contributed by atoms with Crippen LogP contribution in [0.15, 0.2) is 18.3 Å². The normalized spacial score (nSPS) is 25.1. The summed E-state index contributed by atoms with van der Waals surface area (Å²) in [6, 6.07) is 1.07. The van der Waals surface area contributed by atoms with E-state index in [0.29, 0.717) is 55.4 Å². The summed E-state index contributed by atoms with van der Waals surface area (Å²) in [5.41, 5.74) is 0.404. The minimum atomic E-state index is -1.07. The van der Waals surface area contributed by atoms with Crippen molar-refractivity contribution < 1.29 is 27.8 Å². The number of benzene rings is 1. The van der Waals surface area contributed by atoms with E-state index in [4.69, 9.17) is 9.72 Å². The third-order valence-corrected chi connectivity index (χ3v) is 8.23. The molecule has 4 heterocycles. The van der Waals surface area contributed by atoms with Gasteiger partial charge < -0.3 is 25.4 Å². The topological polar surface area (TPSA) is 117 Å². The molecule has 214 valence electrons. The molecule has 2 atom stereocenters. The van der Waals surface area contributed by atoms with Crippen LogP contribution in [0.25, 0.3) is 11.2 Å². The maximum Gasteiger partial charge on any atom is 0.226 e. The highest BCUT2D eigenvalue weighted by Gasteiger charge is 2.35. The van der Waals surface area contributed by atoms with E-state index < -0.39 is 23.1 Å². The number of likely N-dealkylation sites (tertiary alicyclic amines) is 1. The van der Waals surface area contributed by atoms with E-state index in [1.54, 1.807) is 10.8 Å². The molecule has 2 aromatic heterocycles. The second-order valence-corrected chi connectivity index (χ2v) is 10.8. The number of imidazole rings is 1. The number of aliphatic hydroxyl groups is 1. The Morgan fingerprint density at radius 3 is 2.55 bits per heavy atom. The maximum absolute atomic E-state index is 14.4. The summed E-state index contributed by atoms with van der Waals surface area (Å²) in [5.74, 6) is -2.50. The lowest BCUT2D eigenvalue weighted by atomic mass is 9.85. The van der Waals surface area contributed by atoms with Crippen molar-refractivity contribution in [1.82, 2.24) is 24.4 Å². The number of rotatable bonds is 7. The number of aliphatic hydroxyl groups excluding tert-OH is 1. The number of hydrogen-bond donors (Lipinski definition) is 3. The maximum atomic E-state index is 14.4. The van der Waals surface area contributed by atoms with Gasteiger partial charge in [-0.05, 0) is 44.9 Å². The second kappa shape index (κ2) is 11.2. The molecule has 13 heteroatoms. The van der Waals surface area contributed by atoms with Crippen LogP contribution in [-0.2, 0) is 9.53 Å². The third-order valence-electron chi connectivity index (χ3n) is 8.23. The largest absolute Gasteiger partial charge is 0.394 e. The molecule has 0 bridgehead atoms. The second-order valence-electron chi connectivity index (χ2n) is 10.8. The highest BCUT2D eigenvalue weighted by Crippen LogP contribution is 2.33. The van der Waals surface area contributed by atoms with Crippen molar-refractivity contribution in [3.05, 3.63) is 35.8 Å². The van der Waals surface area contributed by atoms with Gasteiger partial charge in [-0.15, -0.1) is 0 Å². The van der Waals surface area contributed by atoms with Gasteiger partial charge in [0.2, 0.25) is 17.8 Å². The Morgan fingerprint density at radius 2 is 1.85 bits per heavy atom. The number of nitrogens with zero attached hydrogens (tertiary/aromatic N) is 5. The van der Waals surface area contributed by atoms with E-state index in [-0.39, 0.29) is 42.5 Å². The van der Waals surface area contributed by atoms with Gasteiger partial charge in [0.15, 0.2) is 17.3 Å². The minimum absolute atomic E-state index is 0.0109. The van der Waals surface area contributed by atoms with Crippen LogP contribution in [0.1, 0.15) is 51.0 Å². The zero-order valence-electron chi connectivity index (χ0n) is 22.0. The lowest BCUT2D eigenvalue weighted by molar-refractivity contribution is -0.138. The van der Waals surface area contributed by atoms with Crippen molar-refractivity contribution >= 4 is 34.7 Å². The number of fused-ring (bicyclic) bond motifs is 1. The first-order valence-electron chi connectivity index (χ1n) is 13.8. The third kappa shape index (κ3) is 5.19. The summed E-state index contributed by atoms with van der Waals surface area (Å²) < 4.78 is 49.6. The van der Waals surface area contributed by atoms with Crippen LogP contribution in [0, 0.1) is 23.4 Å². The quantitative estimate of drug-likeness (QED) is 0.399. The molecule has 0 radical (unpaired) electrons. The van der Waals surface area contributed by atoms with Crippen molar-refractivity contribution in [3.8, 4) is 0 Å². The van der Waals surface area contributed by atoms with Gasteiger partial charge in [0, 0.05) is 37.2 Å². The molecule has 3 fully saturated rings. The van der Waals surface area contributed by atoms with E-state index in [1.807, 2.05) is 4.90 Å². The number of carbonyl (C=O) groups is 1. The van der Waals surface area contributed by atoms with Crippen molar-refractivity contribution in [3.63, 3.8) is 0 Å². The molecule has 2 aliphatic heterocycles. The van der Waals surface area contributed by atoms with Crippen LogP contribution in [0.4, 0.5) is 30.8 Å². The number of hydrogen-bond acceptors (Lipinski definition) is 8. The lowest BCUT2D eigenvalue weighted by Crippen LogP contribution is -2.43. The summed E-state index contributed by atoms with van der Waals surface area (Å²) >= 11 is 0. The highest BCUT2D eigenvalue weighted by molar-refractivity contribution is 5.80. The molecule has 2 saturated heterocycles. The van der Waals surface area contributed by atoms with Crippen molar-refractivity contribution in [1.29, 1.82) is 0 Å². The van der Waals surface area contributed by atoms with Crippen LogP contribution in [-0.4, -0.2) is 73.9 Å². The molecular weight excluding hydrogens is 527 g/mol. The fourth-order valence-electron chi connectivity index (χ4n) is 6.11. The van der Waals surface area contributed by atoms with Crippen LogP contribution >= 0.6 is 0 Å². The molecule has 1 aromatic carbocycles. The number of halogens is 3. The Morgan fingerprint density at radius 1 is 1.07 bits per heavy atom. The molecule has 1 amide bonds. The Bertz CT molecular complexity index is 1370. The first-order valence-corrected chi connectivity index (χ1v) is 13.8. The lowest BCUT2D eigenvalue weighted by Gasteiger charge is -2.32. The highest BCUT2D eigenvalue weighted by atomic mass is 19.1. The summed E-state index contributed by atoms with van der Waals surface area (Å²) in [5, 5.41) is 15.7. The molecule has 1 unspecified atom stereocenters. The predicted molar refractivity (Wildman–Crippen MR) is 141 cm³/mol. The van der Waals surface area contributed by atoms with Gasteiger partial charge in [-0.25, -0.2) is 23.1 Å². The van der Waals surface area contributed by atoms with Gasteiger partial charge in [-0.1, -0.05) is 0 Å². The number of amides is 1. The van der Waals surface area contributed by atoms with E-state index in [1.165, 1.54) is 0 Å². The van der Waals surface area contributed by atoms with E-state index in [2.05, 4.69) is 20.6 Å². The van der Waals surface area contributed by atoms with Crippen LogP contribution < -0.4 is 10.6 Å². The molecule has 1 aliphatic carbocycles. The van der Waals surface area contributed by atoms with Gasteiger partial charge in [-0.2, -0.15) is 4.98 Å². The van der Waals surface area contributed by atoms with Crippen molar-refractivity contribution in [2.45, 2.75) is 63.1 Å². The van der Waals surface area contributed by atoms with Gasteiger partial charge in [0.05, 0.1) is 31.5 Å². The number of anilines is 3. The molecule has 40 heavy (non-hydrogen) atoms. The summed E-state index contributed by atoms with van der Waals surface area (Å²) in [6.07, 6.45) is 7.05. The van der Waals surface area contributed by atoms with E-state index >= 15 is 0 Å². The Balaban J connectivity index is 1.19. The molecule has 10 nitrogen and oxygen atoms in total. The number of ether oxygens (including phenoxy) is 1. The van der Waals surface area contributed by atoms with Gasteiger partial charge in [-0.3, -0.25) is 9.36 Å². The van der Waals surface area contributed by atoms with Crippen molar-refractivity contribution in [2.24, 2.45) is 5.92 Å². The predicted octanol–water partition coefficient (Wildman–Crippen LogP) is 3.90. The molecule has 3 N–H and O–H groups in total. The van der Waals surface area contributed by atoms with Crippen LogP contribution in [0.5, 0.6) is 0 Å². The fraction of sp³-hybridized carbons (Fsp3) is 0.556. The molecule has 1 saturated carbocycles. The number of aromatic nitrogens is 4. The number of carbonyl (C=O) groups excluding carboxylic acids is 1. The SMILES string of the molecule is O=C(C1CCC(Nc2ncc3nc(Nc4c(F)cc(F)cc4F)n(C4CCOC4)c3n2)CC1)N1CCC[C@H]1CO. The molecule has 3 aliphatic rings. The van der Waals surface area contributed by atoms with Gasteiger partial charge in [0.1, 0.15) is 17.0 Å². The van der Waals surface area contributed by atoms with Crippen LogP contribution in [0.2, 0.25) is 0 Å².